The molecule has 0 radical (unpaired) electrons. The van der Waals surface area contributed by atoms with Crippen LogP contribution in [0.15, 0.2) is 0 Å². The maximum atomic E-state index is 12.3. The Morgan fingerprint density at radius 3 is 2.00 bits per heavy atom. The number of hydrogen-bond donors (Lipinski definition) is 1. The molecule has 6 nitrogen and oxygen atoms in total. The zero-order valence-electron chi connectivity index (χ0n) is 14.6. The Labute approximate surface area is 136 Å². The zero-order chi connectivity index (χ0) is 18.1. The van der Waals surface area contributed by atoms with Gasteiger partial charge in [0.1, 0.15) is 5.60 Å². The molecule has 126 valence electrons. The van der Waals surface area contributed by atoms with Crippen molar-refractivity contribution in [3.63, 3.8) is 0 Å². The number of amides is 1. The van der Waals surface area contributed by atoms with Crippen molar-refractivity contribution in [3.05, 3.63) is 27.8 Å². The summed E-state index contributed by atoms with van der Waals surface area (Å²) in [5.41, 5.74) is 1.37. The van der Waals surface area contributed by atoms with Gasteiger partial charge in [-0.05, 0) is 58.2 Å². The molecular formula is C17H23NO5. The molecule has 0 saturated heterocycles. The van der Waals surface area contributed by atoms with Crippen molar-refractivity contribution < 1.29 is 24.2 Å². The number of aromatic carboxylic acids is 1. The molecule has 0 aliphatic heterocycles. The van der Waals surface area contributed by atoms with Crippen molar-refractivity contribution in [3.8, 4) is 0 Å². The molecule has 0 aliphatic rings. The lowest BCUT2D eigenvalue weighted by Gasteiger charge is -2.28. The predicted octanol–water partition coefficient (Wildman–Crippen LogP) is 3.49. The Hall–Kier alpha value is -2.37. The van der Waals surface area contributed by atoms with Crippen LogP contribution >= 0.6 is 0 Å². The van der Waals surface area contributed by atoms with Gasteiger partial charge in [0.2, 0.25) is 0 Å². The first-order valence-electron chi connectivity index (χ1n) is 7.21. The van der Waals surface area contributed by atoms with Crippen molar-refractivity contribution >= 4 is 24.0 Å². The number of benzene rings is 1. The van der Waals surface area contributed by atoms with E-state index in [9.17, 15) is 19.5 Å². The normalized spacial score (nSPS) is 11.1. The maximum Gasteiger partial charge on any atom is 0.414 e. The molecule has 1 aromatic rings. The number of ether oxygens (including phenoxy) is 1. The van der Waals surface area contributed by atoms with E-state index in [1.807, 2.05) is 0 Å². The number of carboxylic acid groups (broad SMARTS) is 1. The van der Waals surface area contributed by atoms with Crippen LogP contribution in [0.3, 0.4) is 0 Å². The number of carbonyl (C=O) groups is 3. The summed E-state index contributed by atoms with van der Waals surface area (Å²) in [6.45, 7) is 10.1. The Kier molecular flexibility index (Phi) is 5.20. The Morgan fingerprint density at radius 1 is 1.09 bits per heavy atom. The van der Waals surface area contributed by atoms with Crippen LogP contribution in [0, 0.1) is 20.8 Å². The van der Waals surface area contributed by atoms with Gasteiger partial charge in [0.05, 0.1) is 11.3 Å². The number of hydrogen-bond acceptors (Lipinski definition) is 4. The van der Waals surface area contributed by atoms with Crippen molar-refractivity contribution in [1.29, 1.82) is 0 Å². The molecule has 0 unspecified atom stereocenters. The first-order valence-corrected chi connectivity index (χ1v) is 7.21. The minimum Gasteiger partial charge on any atom is -0.478 e. The lowest BCUT2D eigenvalue weighted by Crippen LogP contribution is -2.35. The van der Waals surface area contributed by atoms with Gasteiger partial charge >= 0.3 is 12.1 Å². The molecule has 0 aliphatic carbocycles. The highest BCUT2D eigenvalue weighted by atomic mass is 16.6. The fourth-order valence-electron chi connectivity index (χ4n) is 2.65. The molecular weight excluding hydrogens is 298 g/mol. The van der Waals surface area contributed by atoms with E-state index in [4.69, 9.17) is 4.74 Å². The van der Waals surface area contributed by atoms with Crippen LogP contribution in [0.4, 0.5) is 10.5 Å². The largest absolute Gasteiger partial charge is 0.478 e. The van der Waals surface area contributed by atoms with E-state index in [0.29, 0.717) is 28.7 Å². The van der Waals surface area contributed by atoms with Crippen LogP contribution in [0.5, 0.6) is 0 Å². The summed E-state index contributed by atoms with van der Waals surface area (Å²) in [5, 5.41) is 9.44. The van der Waals surface area contributed by atoms with Crippen LogP contribution in [0.2, 0.25) is 0 Å². The highest BCUT2D eigenvalue weighted by Crippen LogP contribution is 2.33. The van der Waals surface area contributed by atoms with E-state index in [2.05, 4.69) is 0 Å². The minimum absolute atomic E-state index is 0.0307. The summed E-state index contributed by atoms with van der Waals surface area (Å²) in [5.74, 6) is -1.14. The average Bonchev–Trinajstić information content (AvgIpc) is 2.36. The summed E-state index contributed by atoms with van der Waals surface area (Å²) in [6, 6.07) is 0. The smallest absolute Gasteiger partial charge is 0.414 e. The average molecular weight is 321 g/mol. The molecule has 23 heavy (non-hydrogen) atoms. The van der Waals surface area contributed by atoms with E-state index < -0.39 is 17.7 Å². The Balaban J connectivity index is 3.58. The van der Waals surface area contributed by atoms with Crippen molar-refractivity contribution in [2.45, 2.75) is 47.1 Å². The fraction of sp³-hybridized carbons (Fsp3) is 0.471. The highest BCUT2D eigenvalue weighted by molar-refractivity contribution is 6.01. The summed E-state index contributed by atoms with van der Waals surface area (Å²) < 4.78 is 5.32. The Morgan fingerprint density at radius 2 is 1.61 bits per heavy atom. The summed E-state index contributed by atoms with van der Waals surface area (Å²) in [7, 11) is 1.50. The minimum atomic E-state index is -1.14. The monoisotopic (exact) mass is 321 g/mol. The fourth-order valence-corrected chi connectivity index (χ4v) is 2.65. The number of anilines is 1. The molecule has 1 amide bonds. The summed E-state index contributed by atoms with van der Waals surface area (Å²) >= 11 is 0. The predicted molar refractivity (Wildman–Crippen MR) is 87.6 cm³/mol. The van der Waals surface area contributed by atoms with Gasteiger partial charge in [0.25, 0.3) is 0 Å². The van der Waals surface area contributed by atoms with Crippen molar-refractivity contribution in [2.75, 3.05) is 11.9 Å². The molecule has 0 saturated carbocycles. The Bertz CT molecular complexity index is 671. The van der Waals surface area contributed by atoms with E-state index in [1.165, 1.54) is 11.9 Å². The third-order valence-corrected chi connectivity index (χ3v) is 3.60. The molecule has 0 bridgehead atoms. The van der Waals surface area contributed by atoms with Gasteiger partial charge in [0.15, 0.2) is 6.29 Å². The summed E-state index contributed by atoms with van der Waals surface area (Å²) in [4.78, 5) is 36.5. The van der Waals surface area contributed by atoms with E-state index >= 15 is 0 Å². The number of rotatable bonds is 3. The SMILES string of the molecule is Cc1c(C=O)c(C)c(N(C)C(=O)OC(C)(C)C)c(C)c1C(=O)O. The first-order chi connectivity index (χ1) is 10.4. The maximum absolute atomic E-state index is 12.3. The quantitative estimate of drug-likeness (QED) is 0.861. The van der Waals surface area contributed by atoms with Crippen molar-refractivity contribution in [1.82, 2.24) is 0 Å². The third-order valence-electron chi connectivity index (χ3n) is 3.60. The third kappa shape index (κ3) is 3.70. The van der Waals surface area contributed by atoms with E-state index in [0.717, 1.165) is 0 Å². The van der Waals surface area contributed by atoms with Gasteiger partial charge in [-0.25, -0.2) is 9.59 Å². The van der Waals surface area contributed by atoms with Crippen LogP contribution in [0.25, 0.3) is 0 Å². The number of carboxylic acids is 1. The lowest BCUT2D eigenvalue weighted by atomic mass is 9.91. The van der Waals surface area contributed by atoms with Gasteiger partial charge in [-0.3, -0.25) is 9.69 Å². The van der Waals surface area contributed by atoms with Gasteiger partial charge in [0, 0.05) is 12.6 Å². The zero-order valence-corrected chi connectivity index (χ0v) is 14.6. The topological polar surface area (TPSA) is 83.9 Å². The molecule has 0 heterocycles. The van der Waals surface area contributed by atoms with E-state index in [-0.39, 0.29) is 11.1 Å². The highest BCUT2D eigenvalue weighted by Gasteiger charge is 2.27. The molecule has 0 fully saturated rings. The van der Waals surface area contributed by atoms with Gasteiger partial charge in [-0.2, -0.15) is 0 Å². The number of aldehydes is 1. The second-order valence-electron chi connectivity index (χ2n) is 6.47. The molecule has 1 N–H and O–H groups in total. The van der Waals surface area contributed by atoms with Crippen molar-refractivity contribution in [2.24, 2.45) is 0 Å². The molecule has 0 spiro atoms. The van der Waals surface area contributed by atoms with E-state index in [1.54, 1.807) is 41.5 Å². The molecule has 6 heteroatoms. The van der Waals surface area contributed by atoms with Crippen LogP contribution in [-0.2, 0) is 4.74 Å². The molecule has 1 rings (SSSR count). The molecule has 1 aromatic carbocycles. The van der Waals surface area contributed by atoms with Gasteiger partial charge in [-0.15, -0.1) is 0 Å². The van der Waals surface area contributed by atoms with Crippen LogP contribution in [0.1, 0.15) is 58.2 Å². The number of carbonyl (C=O) groups excluding carboxylic acids is 2. The second kappa shape index (κ2) is 6.40. The standard InChI is InChI=1S/C17H23NO5/c1-9-12(8-19)10(2)14(11(3)13(9)15(20)21)18(7)16(22)23-17(4,5)6/h8H,1-7H3,(H,20,21). The lowest BCUT2D eigenvalue weighted by molar-refractivity contribution is 0.0586. The summed E-state index contributed by atoms with van der Waals surface area (Å²) in [6.07, 6.45) is 0.00364. The van der Waals surface area contributed by atoms with Crippen LogP contribution in [-0.4, -0.2) is 36.1 Å². The van der Waals surface area contributed by atoms with Crippen LogP contribution < -0.4 is 4.90 Å². The second-order valence-corrected chi connectivity index (χ2v) is 6.47. The van der Waals surface area contributed by atoms with Gasteiger partial charge in [-0.1, -0.05) is 0 Å². The molecule has 0 aromatic heterocycles. The molecule has 0 atom stereocenters. The van der Waals surface area contributed by atoms with Gasteiger partial charge < -0.3 is 9.84 Å². The first kappa shape index (κ1) is 18.7. The number of nitrogens with zero attached hydrogens (tertiary/aromatic N) is 1.